The number of para-hydroxylation sites is 1. The number of nitrogens with zero attached hydrogens (tertiary/aromatic N) is 2. The number of rotatable bonds is 7. The maximum Gasteiger partial charge on any atom is 0.229 e. The summed E-state index contributed by atoms with van der Waals surface area (Å²) in [6, 6.07) is 19.1. The minimum atomic E-state index is -0.171. The normalized spacial score (nSPS) is 10.3. The third kappa shape index (κ3) is 5.54. The number of hydrogen-bond acceptors (Lipinski definition) is 5. The first-order valence-corrected chi connectivity index (χ1v) is 8.76. The van der Waals surface area contributed by atoms with Crippen molar-refractivity contribution < 1.29 is 9.53 Å². The summed E-state index contributed by atoms with van der Waals surface area (Å²) in [4.78, 5) is 12.0. The number of aromatic nitrogens is 2. The van der Waals surface area contributed by atoms with Crippen molar-refractivity contribution in [1.82, 2.24) is 10.2 Å². The van der Waals surface area contributed by atoms with Gasteiger partial charge in [0.2, 0.25) is 5.91 Å². The van der Waals surface area contributed by atoms with Crippen LogP contribution in [0.1, 0.15) is 17.5 Å². The number of anilines is 3. The van der Waals surface area contributed by atoms with E-state index < -0.39 is 0 Å². The zero-order valence-electron chi connectivity index (χ0n) is 15.4. The first-order chi connectivity index (χ1) is 13.1. The molecule has 2 N–H and O–H groups in total. The van der Waals surface area contributed by atoms with Crippen LogP contribution in [-0.2, 0) is 4.79 Å². The Morgan fingerprint density at radius 2 is 1.70 bits per heavy atom. The van der Waals surface area contributed by atoms with Crippen molar-refractivity contribution in [1.29, 1.82) is 0 Å². The maximum absolute atomic E-state index is 12.0. The van der Waals surface area contributed by atoms with Crippen molar-refractivity contribution in [3.63, 3.8) is 0 Å². The van der Waals surface area contributed by atoms with Gasteiger partial charge >= 0.3 is 0 Å². The quantitative estimate of drug-likeness (QED) is 0.657. The second-order valence-corrected chi connectivity index (χ2v) is 6.21. The van der Waals surface area contributed by atoms with Crippen LogP contribution in [0, 0.1) is 13.8 Å². The van der Waals surface area contributed by atoms with Crippen molar-refractivity contribution in [3.05, 3.63) is 71.8 Å². The molecule has 2 aromatic carbocycles. The molecule has 0 aliphatic rings. The van der Waals surface area contributed by atoms with E-state index in [2.05, 4.69) is 39.0 Å². The van der Waals surface area contributed by atoms with Crippen LogP contribution in [0.4, 0.5) is 17.3 Å². The maximum atomic E-state index is 12.0. The van der Waals surface area contributed by atoms with Crippen molar-refractivity contribution in [2.75, 3.05) is 17.2 Å². The predicted octanol–water partition coefficient (Wildman–Crippen LogP) is 4.24. The van der Waals surface area contributed by atoms with Crippen LogP contribution in [0.25, 0.3) is 0 Å². The van der Waals surface area contributed by atoms with Gasteiger partial charge in [0.25, 0.3) is 0 Å². The van der Waals surface area contributed by atoms with Gasteiger partial charge in [-0.15, -0.1) is 10.2 Å². The van der Waals surface area contributed by atoms with E-state index in [0.717, 1.165) is 22.6 Å². The van der Waals surface area contributed by atoms with E-state index in [0.29, 0.717) is 18.2 Å². The summed E-state index contributed by atoms with van der Waals surface area (Å²) in [7, 11) is 0. The lowest BCUT2D eigenvalue weighted by atomic mass is 10.1. The van der Waals surface area contributed by atoms with Crippen molar-refractivity contribution in [2.45, 2.75) is 20.3 Å². The molecule has 1 aromatic heterocycles. The Morgan fingerprint density at radius 1 is 0.963 bits per heavy atom. The van der Waals surface area contributed by atoms with Crippen LogP contribution in [0.2, 0.25) is 0 Å². The van der Waals surface area contributed by atoms with Crippen LogP contribution in [0.5, 0.6) is 5.75 Å². The van der Waals surface area contributed by atoms with Crippen molar-refractivity contribution in [3.8, 4) is 5.75 Å². The summed E-state index contributed by atoms with van der Waals surface area (Å²) in [6.45, 7) is 4.37. The van der Waals surface area contributed by atoms with Gasteiger partial charge < -0.3 is 15.4 Å². The molecule has 0 fully saturated rings. The Labute approximate surface area is 158 Å². The molecule has 0 saturated carbocycles. The lowest BCUT2D eigenvalue weighted by Crippen LogP contribution is -2.16. The Hall–Kier alpha value is -3.41. The molecule has 6 nitrogen and oxygen atoms in total. The molecule has 0 unspecified atom stereocenters. The number of carbonyl (C=O) groups excluding carboxylic acids is 1. The molecule has 138 valence electrons. The molecule has 1 amide bonds. The smallest absolute Gasteiger partial charge is 0.229 e. The van der Waals surface area contributed by atoms with Crippen LogP contribution in [-0.4, -0.2) is 22.7 Å². The summed E-state index contributed by atoms with van der Waals surface area (Å²) < 4.78 is 5.51. The number of carbonyl (C=O) groups is 1. The Kier molecular flexibility index (Phi) is 5.99. The van der Waals surface area contributed by atoms with E-state index in [1.54, 1.807) is 12.1 Å². The van der Waals surface area contributed by atoms with Gasteiger partial charge in [0, 0.05) is 5.69 Å². The Bertz CT molecular complexity index is 896. The van der Waals surface area contributed by atoms with E-state index in [1.165, 1.54) is 0 Å². The van der Waals surface area contributed by atoms with Crippen molar-refractivity contribution >= 4 is 23.2 Å². The highest BCUT2D eigenvalue weighted by atomic mass is 16.5. The number of ether oxygens (including phenoxy) is 1. The molecule has 0 bridgehead atoms. The average Bonchev–Trinajstić information content (AvgIpc) is 2.67. The average molecular weight is 362 g/mol. The van der Waals surface area contributed by atoms with Crippen molar-refractivity contribution in [2.24, 2.45) is 0 Å². The first-order valence-electron chi connectivity index (χ1n) is 8.76. The van der Waals surface area contributed by atoms with Gasteiger partial charge in [-0.3, -0.25) is 4.79 Å². The molecule has 0 atom stereocenters. The Balaban J connectivity index is 1.49. The van der Waals surface area contributed by atoms with Crippen LogP contribution in [0.3, 0.4) is 0 Å². The van der Waals surface area contributed by atoms with Gasteiger partial charge in [0.05, 0.1) is 13.0 Å². The number of hydrogen-bond donors (Lipinski definition) is 2. The number of aryl methyl sites for hydroxylation is 2. The minimum Gasteiger partial charge on any atom is -0.493 e. The van der Waals surface area contributed by atoms with E-state index in [9.17, 15) is 4.79 Å². The lowest BCUT2D eigenvalue weighted by molar-refractivity contribution is -0.116. The molecule has 0 saturated heterocycles. The largest absolute Gasteiger partial charge is 0.493 e. The molecule has 3 rings (SSSR count). The van der Waals surface area contributed by atoms with Crippen LogP contribution >= 0.6 is 0 Å². The zero-order valence-corrected chi connectivity index (χ0v) is 15.4. The fourth-order valence-corrected chi connectivity index (χ4v) is 2.46. The molecule has 0 aliphatic carbocycles. The highest BCUT2D eigenvalue weighted by Crippen LogP contribution is 2.20. The summed E-state index contributed by atoms with van der Waals surface area (Å²) in [5, 5.41) is 14.1. The van der Waals surface area contributed by atoms with E-state index in [-0.39, 0.29) is 12.3 Å². The molecule has 0 spiro atoms. The summed E-state index contributed by atoms with van der Waals surface area (Å²) in [6.07, 6.45) is 0.235. The fourth-order valence-electron chi connectivity index (χ4n) is 2.46. The number of benzene rings is 2. The van der Waals surface area contributed by atoms with E-state index in [4.69, 9.17) is 4.74 Å². The molecule has 1 heterocycles. The highest BCUT2D eigenvalue weighted by molar-refractivity contribution is 5.89. The Morgan fingerprint density at radius 3 is 2.44 bits per heavy atom. The van der Waals surface area contributed by atoms with Gasteiger partial charge in [0.15, 0.2) is 11.6 Å². The molecule has 0 radical (unpaired) electrons. The van der Waals surface area contributed by atoms with E-state index >= 15 is 0 Å². The summed E-state index contributed by atoms with van der Waals surface area (Å²) >= 11 is 0. The molecular weight excluding hydrogens is 340 g/mol. The molecular formula is C21H22N4O2. The highest BCUT2D eigenvalue weighted by Gasteiger charge is 2.06. The number of nitrogens with one attached hydrogen (secondary N) is 2. The summed E-state index contributed by atoms with van der Waals surface area (Å²) in [5.74, 6) is 1.60. The summed E-state index contributed by atoms with van der Waals surface area (Å²) in [5.41, 5.74) is 3.27. The molecule has 0 aliphatic heterocycles. The van der Waals surface area contributed by atoms with Gasteiger partial charge in [-0.2, -0.15) is 0 Å². The van der Waals surface area contributed by atoms with E-state index in [1.807, 2.05) is 44.2 Å². The first kappa shape index (κ1) is 18.4. The van der Waals surface area contributed by atoms with Gasteiger partial charge in [-0.1, -0.05) is 30.3 Å². The second-order valence-electron chi connectivity index (χ2n) is 6.21. The zero-order chi connectivity index (χ0) is 19.1. The van der Waals surface area contributed by atoms with Gasteiger partial charge in [-0.25, -0.2) is 0 Å². The lowest BCUT2D eigenvalue weighted by Gasteiger charge is -2.10. The second kappa shape index (κ2) is 8.80. The predicted molar refractivity (Wildman–Crippen MR) is 106 cm³/mol. The number of amides is 1. The minimum absolute atomic E-state index is 0.171. The topological polar surface area (TPSA) is 76.1 Å². The monoisotopic (exact) mass is 362 g/mol. The van der Waals surface area contributed by atoms with Gasteiger partial charge in [0.1, 0.15) is 5.75 Å². The standard InChI is InChI=1S/C21H22N4O2/c1-15-8-9-16(2)18(14-15)22-19-10-11-20(25-24-19)23-21(26)12-13-27-17-6-4-3-5-7-17/h3-11,14H,12-13H2,1-2H3,(H,22,24)(H,23,25,26). The molecule has 3 aromatic rings. The SMILES string of the molecule is Cc1ccc(C)c(Nc2ccc(NC(=O)CCOc3ccccc3)nn2)c1. The van der Waals surface area contributed by atoms with Crippen LogP contribution < -0.4 is 15.4 Å². The fraction of sp³-hybridized carbons (Fsp3) is 0.190. The molecule has 6 heteroatoms. The third-order valence-corrected chi connectivity index (χ3v) is 3.93. The molecule has 27 heavy (non-hydrogen) atoms. The van der Waals surface area contributed by atoms with Gasteiger partial charge in [-0.05, 0) is 55.3 Å². The van der Waals surface area contributed by atoms with Crippen LogP contribution in [0.15, 0.2) is 60.7 Å². The third-order valence-electron chi connectivity index (χ3n) is 3.93.